The Kier molecular flexibility index (Phi) is 4.46. The van der Waals surface area contributed by atoms with Crippen LogP contribution < -0.4 is 4.90 Å². The number of thioether (sulfide) groups is 1. The zero-order valence-electron chi connectivity index (χ0n) is 11.7. The minimum atomic E-state index is -4.62. The summed E-state index contributed by atoms with van der Waals surface area (Å²) in [5, 5.41) is -0.432. The number of H-pyrrole nitrogens is 1. The molecule has 3 rings (SSSR count). The largest absolute Gasteiger partial charge is 0.417 e. The Morgan fingerprint density at radius 2 is 2.04 bits per heavy atom. The Morgan fingerprint density at radius 1 is 1.29 bits per heavy atom. The molecule has 1 fully saturated rings. The number of aromatic nitrogens is 1. The molecule has 124 valence electrons. The maximum absolute atomic E-state index is 13.0. The fraction of sp³-hybridized carbons (Fsp3) is 0.0667. The molecule has 9 heteroatoms. The molecular weight excluding hydrogens is 381 g/mol. The summed E-state index contributed by atoms with van der Waals surface area (Å²) in [5.41, 5.74) is -0.282. The van der Waals surface area contributed by atoms with Crippen LogP contribution in [0.2, 0.25) is 5.02 Å². The van der Waals surface area contributed by atoms with Crippen LogP contribution in [-0.4, -0.2) is 15.2 Å². The summed E-state index contributed by atoms with van der Waals surface area (Å²) >= 11 is 11.8. The first-order valence-corrected chi connectivity index (χ1v) is 8.16. The fourth-order valence-corrected chi connectivity index (χ4v) is 3.65. The third-order valence-electron chi connectivity index (χ3n) is 3.22. The SMILES string of the molecule is O=C1/C(=C/c2ccc[nH]2)SC(=S)N1c1ccc(Cl)c(C(F)(F)F)c1. The number of hydrogen-bond donors (Lipinski definition) is 1. The third-order valence-corrected chi connectivity index (χ3v) is 4.85. The number of hydrogen-bond acceptors (Lipinski definition) is 3. The highest BCUT2D eigenvalue weighted by atomic mass is 35.5. The van der Waals surface area contributed by atoms with E-state index in [9.17, 15) is 18.0 Å². The quantitative estimate of drug-likeness (QED) is 0.575. The lowest BCUT2D eigenvalue weighted by atomic mass is 10.1. The van der Waals surface area contributed by atoms with Crippen molar-refractivity contribution in [3.8, 4) is 0 Å². The normalized spacial score (nSPS) is 17.2. The number of benzene rings is 1. The van der Waals surface area contributed by atoms with Gasteiger partial charge in [0.05, 0.1) is 21.2 Å². The number of aromatic amines is 1. The predicted molar refractivity (Wildman–Crippen MR) is 92.9 cm³/mol. The number of alkyl halides is 3. The van der Waals surface area contributed by atoms with Crippen molar-refractivity contribution in [2.45, 2.75) is 6.18 Å². The van der Waals surface area contributed by atoms with Gasteiger partial charge in [-0.1, -0.05) is 35.6 Å². The number of amides is 1. The topological polar surface area (TPSA) is 36.1 Å². The van der Waals surface area contributed by atoms with Gasteiger partial charge in [-0.15, -0.1) is 0 Å². The average Bonchev–Trinajstić information content (AvgIpc) is 3.08. The standard InChI is InChI=1S/C15H8ClF3N2OS2/c16-11-4-3-9(7-10(11)15(17,18)19)21-13(22)12(24-14(21)23)6-8-2-1-5-20-8/h1-7,20H/b12-6-. The number of carbonyl (C=O) groups is 1. The van der Waals surface area contributed by atoms with Gasteiger partial charge < -0.3 is 4.98 Å². The summed E-state index contributed by atoms with van der Waals surface area (Å²) in [5.74, 6) is -0.477. The molecule has 0 radical (unpaired) electrons. The van der Waals surface area contributed by atoms with Crippen LogP contribution in [0.5, 0.6) is 0 Å². The van der Waals surface area contributed by atoms with E-state index in [1.807, 2.05) is 0 Å². The van der Waals surface area contributed by atoms with Crippen LogP contribution in [0.3, 0.4) is 0 Å². The van der Waals surface area contributed by atoms with Crippen molar-refractivity contribution in [2.75, 3.05) is 4.90 Å². The molecule has 1 N–H and O–H groups in total. The molecule has 0 aliphatic carbocycles. The van der Waals surface area contributed by atoms with Crippen LogP contribution in [0.25, 0.3) is 6.08 Å². The average molecular weight is 389 g/mol. The zero-order chi connectivity index (χ0) is 17.5. The summed E-state index contributed by atoms with van der Waals surface area (Å²) in [6.45, 7) is 0. The molecule has 2 aromatic rings. The van der Waals surface area contributed by atoms with Crippen LogP contribution in [0.1, 0.15) is 11.3 Å². The van der Waals surface area contributed by atoms with Crippen molar-refractivity contribution < 1.29 is 18.0 Å². The molecule has 1 aromatic heterocycles. The van der Waals surface area contributed by atoms with Crippen LogP contribution >= 0.6 is 35.6 Å². The van der Waals surface area contributed by atoms with E-state index in [2.05, 4.69) is 4.98 Å². The molecule has 24 heavy (non-hydrogen) atoms. The highest BCUT2D eigenvalue weighted by molar-refractivity contribution is 8.27. The van der Waals surface area contributed by atoms with Gasteiger partial charge in [-0.3, -0.25) is 9.69 Å². The van der Waals surface area contributed by atoms with E-state index >= 15 is 0 Å². The molecule has 0 spiro atoms. The molecule has 1 amide bonds. The molecule has 0 saturated carbocycles. The third kappa shape index (κ3) is 3.22. The summed E-state index contributed by atoms with van der Waals surface area (Å²) in [4.78, 5) is 16.8. The maximum atomic E-state index is 13.0. The maximum Gasteiger partial charge on any atom is 0.417 e. The number of carbonyl (C=O) groups excluding carboxylic acids is 1. The van der Waals surface area contributed by atoms with Crippen molar-refractivity contribution in [1.29, 1.82) is 0 Å². The van der Waals surface area contributed by atoms with Crippen molar-refractivity contribution in [3.63, 3.8) is 0 Å². The molecule has 0 atom stereocenters. The number of nitrogens with one attached hydrogen (secondary N) is 1. The van der Waals surface area contributed by atoms with Gasteiger partial charge in [-0.05, 0) is 36.4 Å². The smallest absolute Gasteiger partial charge is 0.362 e. The highest BCUT2D eigenvalue weighted by Crippen LogP contribution is 2.40. The summed E-state index contributed by atoms with van der Waals surface area (Å²) in [7, 11) is 0. The molecule has 1 aliphatic heterocycles. The van der Waals surface area contributed by atoms with Crippen molar-refractivity contribution in [1.82, 2.24) is 4.98 Å². The first-order valence-electron chi connectivity index (χ1n) is 6.55. The molecular formula is C15H8ClF3N2OS2. The van der Waals surface area contributed by atoms with Crippen LogP contribution in [-0.2, 0) is 11.0 Å². The number of anilines is 1. The minimum absolute atomic E-state index is 0.0316. The first kappa shape index (κ1) is 17.1. The lowest BCUT2D eigenvalue weighted by Gasteiger charge is -2.17. The highest BCUT2D eigenvalue weighted by Gasteiger charge is 2.37. The van der Waals surface area contributed by atoms with E-state index in [1.165, 1.54) is 6.07 Å². The second-order valence-electron chi connectivity index (χ2n) is 4.80. The van der Waals surface area contributed by atoms with Gasteiger partial charge in [0.2, 0.25) is 0 Å². The van der Waals surface area contributed by atoms with Gasteiger partial charge in [0.15, 0.2) is 4.32 Å². The van der Waals surface area contributed by atoms with Gasteiger partial charge >= 0.3 is 6.18 Å². The van der Waals surface area contributed by atoms with Crippen LogP contribution in [0.4, 0.5) is 18.9 Å². The second-order valence-corrected chi connectivity index (χ2v) is 6.89. The lowest BCUT2D eigenvalue weighted by molar-refractivity contribution is -0.137. The Morgan fingerprint density at radius 3 is 2.67 bits per heavy atom. The lowest BCUT2D eigenvalue weighted by Crippen LogP contribution is -2.27. The Labute approximate surface area is 149 Å². The van der Waals surface area contributed by atoms with E-state index in [-0.39, 0.29) is 10.0 Å². The molecule has 1 saturated heterocycles. The zero-order valence-corrected chi connectivity index (χ0v) is 14.1. The second kappa shape index (κ2) is 6.27. The molecule has 1 aromatic carbocycles. The van der Waals surface area contributed by atoms with Crippen LogP contribution in [0, 0.1) is 0 Å². The number of halogens is 4. The molecule has 2 heterocycles. The summed E-state index contributed by atoms with van der Waals surface area (Å²) in [6, 6.07) is 6.79. The van der Waals surface area contributed by atoms with E-state index in [4.69, 9.17) is 23.8 Å². The predicted octanol–water partition coefficient (Wildman–Crippen LogP) is 5.09. The monoisotopic (exact) mass is 388 g/mol. The minimum Gasteiger partial charge on any atom is -0.362 e. The molecule has 1 aliphatic rings. The van der Waals surface area contributed by atoms with Crippen molar-refractivity contribution >= 4 is 57.6 Å². The van der Waals surface area contributed by atoms with Gasteiger partial charge in [-0.25, -0.2) is 0 Å². The Hall–Kier alpha value is -1.77. The van der Waals surface area contributed by atoms with Gasteiger partial charge in [0, 0.05) is 11.9 Å². The van der Waals surface area contributed by atoms with Gasteiger partial charge in [0.25, 0.3) is 5.91 Å². The van der Waals surface area contributed by atoms with Gasteiger partial charge in [-0.2, -0.15) is 13.2 Å². The number of thiocarbonyl (C=S) groups is 1. The first-order chi connectivity index (χ1) is 11.3. The van der Waals surface area contributed by atoms with E-state index in [0.29, 0.717) is 10.6 Å². The Bertz CT molecular complexity index is 847. The number of rotatable bonds is 2. The molecule has 0 unspecified atom stereocenters. The molecule has 0 bridgehead atoms. The Balaban J connectivity index is 1.98. The fourth-order valence-electron chi connectivity index (χ4n) is 2.14. The van der Waals surface area contributed by atoms with Crippen LogP contribution in [0.15, 0.2) is 41.4 Å². The summed E-state index contributed by atoms with van der Waals surface area (Å²) < 4.78 is 39.2. The van der Waals surface area contributed by atoms with E-state index < -0.39 is 22.7 Å². The van der Waals surface area contributed by atoms with Crippen molar-refractivity contribution in [3.05, 3.63) is 57.7 Å². The van der Waals surface area contributed by atoms with E-state index in [1.54, 1.807) is 24.4 Å². The van der Waals surface area contributed by atoms with E-state index in [0.717, 1.165) is 28.8 Å². The number of nitrogens with zero attached hydrogens (tertiary/aromatic N) is 1. The molecule has 3 nitrogen and oxygen atoms in total. The van der Waals surface area contributed by atoms with Crippen molar-refractivity contribution in [2.24, 2.45) is 0 Å². The summed E-state index contributed by atoms with van der Waals surface area (Å²) in [6.07, 6.45) is -1.32. The van der Waals surface area contributed by atoms with Gasteiger partial charge in [0.1, 0.15) is 0 Å².